The number of nitrogens with zero attached hydrogens (tertiary/aromatic N) is 1. The van der Waals surface area contributed by atoms with Gasteiger partial charge in [0.25, 0.3) is 0 Å². The molecule has 2 atom stereocenters. The van der Waals surface area contributed by atoms with Gasteiger partial charge >= 0.3 is 0 Å². The maximum absolute atomic E-state index is 12.6. The summed E-state index contributed by atoms with van der Waals surface area (Å²) in [7, 11) is 0. The second-order valence-corrected chi connectivity index (χ2v) is 7.38. The van der Waals surface area contributed by atoms with Gasteiger partial charge in [-0.3, -0.25) is 10.1 Å². The predicted octanol–water partition coefficient (Wildman–Crippen LogP) is 3.25. The van der Waals surface area contributed by atoms with Crippen molar-refractivity contribution in [2.45, 2.75) is 73.5 Å². The van der Waals surface area contributed by atoms with Crippen LogP contribution in [0.25, 0.3) is 0 Å². The van der Waals surface area contributed by atoms with Crippen molar-refractivity contribution in [1.82, 2.24) is 10.2 Å². The van der Waals surface area contributed by atoms with E-state index in [1.807, 2.05) is 0 Å². The maximum Gasteiger partial charge on any atom is 0.241 e. The van der Waals surface area contributed by atoms with E-state index in [9.17, 15) is 4.79 Å². The Morgan fingerprint density at radius 2 is 1.84 bits per heavy atom. The van der Waals surface area contributed by atoms with E-state index in [1.165, 1.54) is 0 Å². The molecule has 112 valence electrons. The van der Waals surface area contributed by atoms with Gasteiger partial charge in [0, 0.05) is 6.54 Å². The van der Waals surface area contributed by atoms with Crippen LogP contribution in [-0.4, -0.2) is 29.6 Å². The average Bonchev–Trinajstić information content (AvgIpc) is 2.56. The van der Waals surface area contributed by atoms with E-state index in [4.69, 9.17) is 0 Å². The zero-order valence-corrected chi connectivity index (χ0v) is 13.8. The van der Waals surface area contributed by atoms with Crippen LogP contribution in [0.1, 0.15) is 61.3 Å². The average molecular weight is 268 g/mol. The highest BCUT2D eigenvalue weighted by atomic mass is 16.2. The van der Waals surface area contributed by atoms with Gasteiger partial charge in [0.15, 0.2) is 0 Å². The van der Waals surface area contributed by atoms with Crippen LogP contribution in [0.4, 0.5) is 0 Å². The lowest BCUT2D eigenvalue weighted by atomic mass is 9.80. The zero-order valence-electron chi connectivity index (χ0n) is 13.8. The van der Waals surface area contributed by atoms with E-state index in [2.05, 4.69) is 58.7 Å². The van der Waals surface area contributed by atoms with E-state index in [0.717, 1.165) is 19.4 Å². The lowest BCUT2D eigenvalue weighted by molar-refractivity contribution is -0.132. The molecule has 0 saturated carbocycles. The first kappa shape index (κ1) is 16.5. The number of carbonyl (C=O) groups excluding carboxylic acids is 1. The minimum absolute atomic E-state index is 0.0212. The van der Waals surface area contributed by atoms with Crippen LogP contribution in [0.3, 0.4) is 0 Å². The molecule has 2 unspecified atom stereocenters. The minimum atomic E-state index is 0.0212. The summed E-state index contributed by atoms with van der Waals surface area (Å²) >= 11 is 0. The molecule has 1 fully saturated rings. The summed E-state index contributed by atoms with van der Waals surface area (Å²) in [5, 5.41) is 3.51. The van der Waals surface area contributed by atoms with Gasteiger partial charge in [-0.15, -0.1) is 0 Å². The number of nitrogens with one attached hydrogen (secondary N) is 1. The van der Waals surface area contributed by atoms with Crippen molar-refractivity contribution in [3.05, 3.63) is 0 Å². The van der Waals surface area contributed by atoms with E-state index in [1.54, 1.807) is 0 Å². The molecule has 1 saturated heterocycles. The van der Waals surface area contributed by atoms with Crippen LogP contribution < -0.4 is 5.32 Å². The van der Waals surface area contributed by atoms with Gasteiger partial charge in [-0.25, -0.2) is 0 Å². The number of carbonyl (C=O) groups is 1. The lowest BCUT2D eigenvalue weighted by Crippen LogP contribution is -2.44. The lowest BCUT2D eigenvalue weighted by Gasteiger charge is -2.36. The van der Waals surface area contributed by atoms with Crippen LogP contribution in [0.5, 0.6) is 0 Å². The Bertz CT molecular complexity index is 310. The number of hydrogen-bond donors (Lipinski definition) is 1. The summed E-state index contributed by atoms with van der Waals surface area (Å²) < 4.78 is 0. The molecular weight excluding hydrogens is 236 g/mol. The SMILES string of the molecule is CCC1NC(CC(C)C)C(=O)N1CC(C)(C)C(C)C. The fourth-order valence-electron chi connectivity index (χ4n) is 2.54. The van der Waals surface area contributed by atoms with Crippen molar-refractivity contribution >= 4 is 5.91 Å². The largest absolute Gasteiger partial charge is 0.325 e. The highest BCUT2D eigenvalue weighted by Crippen LogP contribution is 2.30. The quantitative estimate of drug-likeness (QED) is 0.802. The second kappa shape index (κ2) is 6.25. The molecule has 1 amide bonds. The molecule has 1 aliphatic heterocycles. The summed E-state index contributed by atoms with van der Waals surface area (Å²) in [4.78, 5) is 14.7. The van der Waals surface area contributed by atoms with E-state index in [0.29, 0.717) is 17.7 Å². The van der Waals surface area contributed by atoms with Gasteiger partial charge in [-0.2, -0.15) is 0 Å². The third kappa shape index (κ3) is 3.95. The molecule has 0 bridgehead atoms. The predicted molar refractivity (Wildman–Crippen MR) is 80.8 cm³/mol. The Morgan fingerprint density at radius 3 is 2.26 bits per heavy atom. The highest BCUT2D eigenvalue weighted by molar-refractivity contribution is 5.84. The van der Waals surface area contributed by atoms with Crippen molar-refractivity contribution in [1.29, 1.82) is 0 Å². The van der Waals surface area contributed by atoms with Crippen molar-refractivity contribution in [3.63, 3.8) is 0 Å². The van der Waals surface area contributed by atoms with Gasteiger partial charge in [0.2, 0.25) is 5.91 Å². The highest BCUT2D eigenvalue weighted by Gasteiger charge is 2.40. The van der Waals surface area contributed by atoms with Crippen LogP contribution in [0.15, 0.2) is 0 Å². The Morgan fingerprint density at radius 1 is 1.26 bits per heavy atom. The molecular formula is C16H32N2O. The van der Waals surface area contributed by atoms with Crippen LogP contribution >= 0.6 is 0 Å². The van der Waals surface area contributed by atoms with Gasteiger partial charge < -0.3 is 4.90 Å². The molecule has 0 aromatic carbocycles. The molecule has 1 N–H and O–H groups in total. The Kier molecular flexibility index (Phi) is 5.43. The topological polar surface area (TPSA) is 32.3 Å². The Hall–Kier alpha value is -0.570. The summed E-state index contributed by atoms with van der Waals surface area (Å²) in [6, 6.07) is 0.0212. The van der Waals surface area contributed by atoms with Gasteiger partial charge in [-0.05, 0) is 30.1 Å². The molecule has 19 heavy (non-hydrogen) atoms. The molecule has 3 nitrogen and oxygen atoms in total. The molecule has 0 spiro atoms. The smallest absolute Gasteiger partial charge is 0.241 e. The monoisotopic (exact) mass is 268 g/mol. The third-order valence-electron chi connectivity index (χ3n) is 4.59. The Balaban J connectivity index is 2.78. The van der Waals surface area contributed by atoms with Crippen LogP contribution in [-0.2, 0) is 4.79 Å². The van der Waals surface area contributed by atoms with E-state index >= 15 is 0 Å². The molecule has 1 heterocycles. The summed E-state index contributed by atoms with van der Waals surface area (Å²) in [6.45, 7) is 16.3. The third-order valence-corrected chi connectivity index (χ3v) is 4.59. The first-order valence-electron chi connectivity index (χ1n) is 7.75. The fourth-order valence-corrected chi connectivity index (χ4v) is 2.54. The number of amides is 1. The molecule has 1 aliphatic rings. The number of hydrogen-bond acceptors (Lipinski definition) is 2. The van der Waals surface area contributed by atoms with Crippen molar-refractivity contribution in [2.75, 3.05) is 6.54 Å². The molecule has 0 aliphatic carbocycles. The van der Waals surface area contributed by atoms with Crippen molar-refractivity contribution < 1.29 is 4.79 Å². The molecule has 3 heteroatoms. The summed E-state index contributed by atoms with van der Waals surface area (Å²) in [6.07, 6.45) is 2.14. The summed E-state index contributed by atoms with van der Waals surface area (Å²) in [5.41, 5.74) is 0.164. The van der Waals surface area contributed by atoms with E-state index in [-0.39, 0.29) is 17.6 Å². The van der Waals surface area contributed by atoms with Gasteiger partial charge in [0.1, 0.15) is 0 Å². The standard InChI is InChI=1S/C16H32N2O/c1-8-14-17-13(9-11(2)3)15(19)18(14)10-16(6,7)12(4)5/h11-14,17H,8-10H2,1-7H3. The van der Waals surface area contributed by atoms with Crippen molar-refractivity contribution in [3.8, 4) is 0 Å². The maximum atomic E-state index is 12.6. The molecule has 1 rings (SSSR count). The van der Waals surface area contributed by atoms with Crippen molar-refractivity contribution in [2.24, 2.45) is 17.3 Å². The van der Waals surface area contributed by atoms with Crippen LogP contribution in [0.2, 0.25) is 0 Å². The number of rotatable bonds is 6. The van der Waals surface area contributed by atoms with Gasteiger partial charge in [0.05, 0.1) is 12.2 Å². The fraction of sp³-hybridized carbons (Fsp3) is 0.938. The first-order chi connectivity index (χ1) is 8.69. The zero-order chi connectivity index (χ0) is 14.8. The van der Waals surface area contributed by atoms with Crippen LogP contribution in [0, 0.1) is 17.3 Å². The molecule has 0 radical (unpaired) electrons. The molecule has 0 aromatic rings. The van der Waals surface area contributed by atoms with Gasteiger partial charge in [-0.1, -0.05) is 48.5 Å². The molecule has 0 aromatic heterocycles. The summed E-state index contributed by atoms with van der Waals surface area (Å²) in [5.74, 6) is 1.42. The first-order valence-corrected chi connectivity index (χ1v) is 7.75. The van der Waals surface area contributed by atoms with E-state index < -0.39 is 0 Å². The Labute approximate surface area is 119 Å². The normalized spacial score (nSPS) is 24.9. The second-order valence-electron chi connectivity index (χ2n) is 7.38. The minimum Gasteiger partial charge on any atom is -0.325 e.